The lowest BCUT2D eigenvalue weighted by Gasteiger charge is -2.25. The second kappa shape index (κ2) is 10.2. The first kappa shape index (κ1) is 18.5. The van der Waals surface area contributed by atoms with Crippen LogP contribution in [-0.2, 0) is 0 Å². The van der Waals surface area contributed by atoms with Gasteiger partial charge in [-0.2, -0.15) is 0 Å². The monoisotopic (exact) mass is 310 g/mol. The van der Waals surface area contributed by atoms with Crippen LogP contribution in [0, 0.1) is 0 Å². The molecule has 0 fully saturated rings. The smallest absolute Gasteiger partial charge is 0.0406 e. The Bertz CT molecular complexity index is 375. The number of hydrogen-bond acceptors (Lipinski definition) is 2. The maximum atomic E-state index is 5.94. The van der Waals surface area contributed by atoms with E-state index in [4.69, 9.17) is 11.6 Å². The number of unbranched alkanes of at least 4 members (excludes halogenated alkanes) is 3. The molecule has 0 aliphatic heterocycles. The third-order valence-corrected chi connectivity index (χ3v) is 4.26. The first-order valence-corrected chi connectivity index (χ1v) is 8.57. The molecule has 0 aliphatic rings. The minimum Gasteiger partial charge on any atom is -0.315 e. The van der Waals surface area contributed by atoms with Crippen LogP contribution in [0.25, 0.3) is 0 Å². The van der Waals surface area contributed by atoms with E-state index in [2.05, 4.69) is 50.2 Å². The number of rotatable bonds is 10. The van der Waals surface area contributed by atoms with Gasteiger partial charge in [0.25, 0.3) is 0 Å². The van der Waals surface area contributed by atoms with Crippen molar-refractivity contribution in [1.29, 1.82) is 0 Å². The summed E-state index contributed by atoms with van der Waals surface area (Å²) < 4.78 is 0. The molecule has 0 saturated heterocycles. The zero-order valence-corrected chi connectivity index (χ0v) is 14.8. The van der Waals surface area contributed by atoms with E-state index < -0.39 is 0 Å². The van der Waals surface area contributed by atoms with Crippen molar-refractivity contribution in [2.24, 2.45) is 0 Å². The molecule has 0 aromatic heterocycles. The second-order valence-electron chi connectivity index (χ2n) is 6.23. The van der Waals surface area contributed by atoms with Gasteiger partial charge < -0.3 is 5.32 Å². The molecule has 3 heteroatoms. The molecular weight excluding hydrogens is 280 g/mol. The maximum absolute atomic E-state index is 5.94. The molecule has 1 N–H and O–H groups in total. The fourth-order valence-corrected chi connectivity index (χ4v) is 2.55. The van der Waals surface area contributed by atoms with Crippen molar-refractivity contribution in [1.82, 2.24) is 10.2 Å². The van der Waals surface area contributed by atoms with Crippen LogP contribution in [0.2, 0.25) is 5.02 Å². The van der Waals surface area contributed by atoms with Crippen molar-refractivity contribution in [2.75, 3.05) is 20.1 Å². The summed E-state index contributed by atoms with van der Waals surface area (Å²) in [6.45, 7) is 8.96. The summed E-state index contributed by atoms with van der Waals surface area (Å²) in [6, 6.07) is 9.26. The van der Waals surface area contributed by atoms with Crippen LogP contribution in [0.1, 0.15) is 58.1 Å². The third-order valence-electron chi connectivity index (χ3n) is 4.00. The van der Waals surface area contributed by atoms with Gasteiger partial charge >= 0.3 is 0 Å². The molecule has 1 unspecified atom stereocenters. The van der Waals surface area contributed by atoms with Crippen LogP contribution in [-0.4, -0.2) is 31.1 Å². The zero-order chi connectivity index (χ0) is 15.7. The molecule has 120 valence electrons. The molecule has 1 atom stereocenters. The van der Waals surface area contributed by atoms with Crippen molar-refractivity contribution in [3.63, 3.8) is 0 Å². The van der Waals surface area contributed by atoms with E-state index in [-0.39, 0.29) is 0 Å². The SMILES string of the molecule is CC(C)NCCCCCCN(C)C(C)c1ccc(Cl)cc1. The van der Waals surface area contributed by atoms with E-state index in [1.807, 2.05) is 12.1 Å². The summed E-state index contributed by atoms with van der Waals surface area (Å²) in [7, 11) is 2.21. The Kier molecular flexibility index (Phi) is 8.98. The highest BCUT2D eigenvalue weighted by Crippen LogP contribution is 2.21. The number of hydrogen-bond donors (Lipinski definition) is 1. The number of nitrogens with zero attached hydrogens (tertiary/aromatic N) is 1. The molecule has 0 amide bonds. The van der Waals surface area contributed by atoms with Gasteiger partial charge in [0.2, 0.25) is 0 Å². The Balaban J connectivity index is 2.15. The molecule has 0 bridgehead atoms. The van der Waals surface area contributed by atoms with E-state index in [0.29, 0.717) is 12.1 Å². The fourth-order valence-electron chi connectivity index (χ4n) is 2.42. The number of nitrogens with one attached hydrogen (secondary N) is 1. The predicted molar refractivity (Wildman–Crippen MR) is 94.1 cm³/mol. The van der Waals surface area contributed by atoms with Crippen molar-refractivity contribution in [2.45, 2.75) is 58.5 Å². The van der Waals surface area contributed by atoms with Crippen molar-refractivity contribution in [3.05, 3.63) is 34.9 Å². The lowest BCUT2D eigenvalue weighted by Crippen LogP contribution is -2.24. The Morgan fingerprint density at radius 3 is 2.24 bits per heavy atom. The van der Waals surface area contributed by atoms with Gasteiger partial charge in [0.05, 0.1) is 0 Å². The Hall–Kier alpha value is -0.570. The maximum Gasteiger partial charge on any atom is 0.0406 e. The van der Waals surface area contributed by atoms with Crippen molar-refractivity contribution >= 4 is 11.6 Å². The summed E-state index contributed by atoms with van der Waals surface area (Å²) >= 11 is 5.94. The van der Waals surface area contributed by atoms with Gasteiger partial charge in [-0.1, -0.05) is 50.4 Å². The van der Waals surface area contributed by atoms with E-state index in [1.54, 1.807) is 0 Å². The van der Waals surface area contributed by atoms with Crippen LogP contribution in [0.3, 0.4) is 0 Å². The van der Waals surface area contributed by atoms with Gasteiger partial charge in [0, 0.05) is 17.1 Å². The Morgan fingerprint density at radius 1 is 1.00 bits per heavy atom. The van der Waals surface area contributed by atoms with E-state index >= 15 is 0 Å². The van der Waals surface area contributed by atoms with E-state index in [9.17, 15) is 0 Å². The molecule has 0 saturated carbocycles. The largest absolute Gasteiger partial charge is 0.315 e. The number of benzene rings is 1. The molecule has 21 heavy (non-hydrogen) atoms. The average molecular weight is 311 g/mol. The highest BCUT2D eigenvalue weighted by atomic mass is 35.5. The van der Waals surface area contributed by atoms with E-state index in [0.717, 1.165) is 18.1 Å². The topological polar surface area (TPSA) is 15.3 Å². The molecule has 0 radical (unpaired) electrons. The molecule has 1 aromatic carbocycles. The van der Waals surface area contributed by atoms with Crippen LogP contribution in [0.4, 0.5) is 0 Å². The molecule has 1 aromatic rings. The van der Waals surface area contributed by atoms with Crippen LogP contribution in [0.15, 0.2) is 24.3 Å². The van der Waals surface area contributed by atoms with Gasteiger partial charge in [0.15, 0.2) is 0 Å². The summed E-state index contributed by atoms with van der Waals surface area (Å²) in [5.41, 5.74) is 1.34. The second-order valence-corrected chi connectivity index (χ2v) is 6.67. The Morgan fingerprint density at radius 2 is 1.62 bits per heavy atom. The third kappa shape index (κ3) is 7.85. The number of halogens is 1. The zero-order valence-electron chi connectivity index (χ0n) is 14.0. The highest BCUT2D eigenvalue weighted by Gasteiger charge is 2.10. The highest BCUT2D eigenvalue weighted by molar-refractivity contribution is 6.30. The lowest BCUT2D eigenvalue weighted by atomic mass is 10.1. The van der Waals surface area contributed by atoms with Gasteiger partial charge in [0.1, 0.15) is 0 Å². The minimum atomic E-state index is 0.449. The predicted octanol–water partition coefficient (Wildman–Crippen LogP) is 4.89. The fraction of sp³-hybridized carbons (Fsp3) is 0.667. The standard InChI is InChI=1S/C18H31ClN2/c1-15(2)20-13-7-5-6-8-14-21(4)16(3)17-9-11-18(19)12-10-17/h9-12,15-16,20H,5-8,13-14H2,1-4H3. The van der Waals surface area contributed by atoms with Crippen molar-refractivity contribution in [3.8, 4) is 0 Å². The Labute approximate surface area is 135 Å². The lowest BCUT2D eigenvalue weighted by molar-refractivity contribution is 0.255. The van der Waals surface area contributed by atoms with Crippen LogP contribution in [0.5, 0.6) is 0 Å². The molecule has 0 spiro atoms. The molecule has 0 aliphatic carbocycles. The van der Waals surface area contributed by atoms with E-state index in [1.165, 1.54) is 31.2 Å². The molecule has 2 nitrogen and oxygen atoms in total. The first-order chi connectivity index (χ1) is 10.0. The molecule has 0 heterocycles. The first-order valence-electron chi connectivity index (χ1n) is 8.19. The molecular formula is C18H31ClN2. The quantitative estimate of drug-likeness (QED) is 0.619. The average Bonchev–Trinajstić information content (AvgIpc) is 2.45. The van der Waals surface area contributed by atoms with Crippen LogP contribution >= 0.6 is 11.6 Å². The van der Waals surface area contributed by atoms with Gasteiger partial charge in [-0.3, -0.25) is 4.90 Å². The van der Waals surface area contributed by atoms with Gasteiger partial charge in [-0.15, -0.1) is 0 Å². The van der Waals surface area contributed by atoms with Gasteiger partial charge in [-0.25, -0.2) is 0 Å². The normalized spacial score (nSPS) is 13.1. The van der Waals surface area contributed by atoms with Crippen molar-refractivity contribution < 1.29 is 0 Å². The van der Waals surface area contributed by atoms with Gasteiger partial charge in [-0.05, 0) is 57.6 Å². The summed E-state index contributed by atoms with van der Waals surface area (Å²) in [5.74, 6) is 0. The summed E-state index contributed by atoms with van der Waals surface area (Å²) in [6.07, 6.45) is 5.20. The summed E-state index contributed by atoms with van der Waals surface area (Å²) in [5, 5.41) is 4.28. The minimum absolute atomic E-state index is 0.449. The molecule has 1 rings (SSSR count). The summed E-state index contributed by atoms with van der Waals surface area (Å²) in [4.78, 5) is 2.43. The van der Waals surface area contributed by atoms with Crippen LogP contribution < -0.4 is 5.32 Å².